The molecule has 2 rings (SSSR count). The zero-order chi connectivity index (χ0) is 13.9. The maximum atomic E-state index is 12.1. The number of morpholine rings is 1. The first-order valence-corrected chi connectivity index (χ1v) is 8.27. The van der Waals surface area contributed by atoms with Gasteiger partial charge in [0.1, 0.15) is 5.75 Å². The van der Waals surface area contributed by atoms with Crippen molar-refractivity contribution in [3.8, 4) is 0 Å². The van der Waals surface area contributed by atoms with Gasteiger partial charge in [-0.3, -0.25) is 4.79 Å². The topological polar surface area (TPSA) is 63.7 Å². The number of hydrogen-bond acceptors (Lipinski definition) is 4. The first kappa shape index (κ1) is 14.5. The molecular weight excluding hydrogens is 334 g/mol. The van der Waals surface area contributed by atoms with Crippen LogP contribution in [-0.4, -0.2) is 51.3 Å². The Morgan fingerprint density at radius 2 is 2.00 bits per heavy atom. The van der Waals surface area contributed by atoms with Gasteiger partial charge in [-0.15, -0.1) is 0 Å². The van der Waals surface area contributed by atoms with Crippen LogP contribution in [0.4, 0.5) is 0 Å². The summed E-state index contributed by atoms with van der Waals surface area (Å²) in [4.78, 5) is 13.6. The summed E-state index contributed by atoms with van der Waals surface area (Å²) < 4.78 is 30.1. The van der Waals surface area contributed by atoms with Gasteiger partial charge in [-0.05, 0) is 18.2 Å². The molecule has 1 aliphatic heterocycles. The lowest BCUT2D eigenvalue weighted by molar-refractivity contribution is -0.132. The monoisotopic (exact) mass is 347 g/mol. The Kier molecular flexibility index (Phi) is 4.59. The highest BCUT2D eigenvalue weighted by Crippen LogP contribution is 2.17. The Morgan fingerprint density at radius 3 is 2.63 bits per heavy atom. The highest BCUT2D eigenvalue weighted by molar-refractivity contribution is 9.10. The van der Waals surface area contributed by atoms with Crippen molar-refractivity contribution in [2.45, 2.75) is 4.90 Å². The molecule has 0 saturated carbocycles. The van der Waals surface area contributed by atoms with Gasteiger partial charge in [0.15, 0.2) is 9.84 Å². The number of hydrogen-bond donors (Lipinski definition) is 0. The van der Waals surface area contributed by atoms with Crippen molar-refractivity contribution >= 4 is 31.7 Å². The third-order valence-electron chi connectivity index (χ3n) is 2.83. The summed E-state index contributed by atoms with van der Waals surface area (Å²) in [5.41, 5.74) is 0. The molecule has 0 N–H and O–H groups in total. The van der Waals surface area contributed by atoms with Crippen molar-refractivity contribution in [2.24, 2.45) is 0 Å². The second kappa shape index (κ2) is 6.02. The Balaban J connectivity index is 2.10. The number of amides is 1. The minimum absolute atomic E-state index is 0.156. The molecule has 1 fully saturated rings. The molecule has 104 valence electrons. The van der Waals surface area contributed by atoms with Crippen LogP contribution in [0.5, 0.6) is 0 Å². The summed E-state index contributed by atoms with van der Waals surface area (Å²) >= 11 is 3.22. The van der Waals surface area contributed by atoms with Crippen molar-refractivity contribution in [1.82, 2.24) is 4.90 Å². The van der Waals surface area contributed by atoms with Crippen LogP contribution in [0.2, 0.25) is 0 Å². The molecule has 1 aromatic rings. The minimum atomic E-state index is -3.59. The lowest BCUT2D eigenvalue weighted by Gasteiger charge is -2.26. The van der Waals surface area contributed by atoms with E-state index in [4.69, 9.17) is 4.74 Å². The van der Waals surface area contributed by atoms with Crippen LogP contribution in [0, 0.1) is 0 Å². The standard InChI is InChI=1S/C12H14BrNO4S/c13-10-2-1-3-11(8-10)19(16,17)9-12(15)14-4-6-18-7-5-14/h1-3,8H,4-7,9H2. The number of nitrogens with zero attached hydrogens (tertiary/aromatic N) is 1. The van der Waals surface area contributed by atoms with Gasteiger partial charge in [-0.25, -0.2) is 8.42 Å². The largest absolute Gasteiger partial charge is 0.378 e. The van der Waals surface area contributed by atoms with Gasteiger partial charge in [0.2, 0.25) is 5.91 Å². The molecule has 7 heteroatoms. The Morgan fingerprint density at radius 1 is 1.32 bits per heavy atom. The van der Waals surface area contributed by atoms with Crippen molar-refractivity contribution in [2.75, 3.05) is 32.1 Å². The van der Waals surface area contributed by atoms with Gasteiger partial charge >= 0.3 is 0 Å². The summed E-state index contributed by atoms with van der Waals surface area (Å²) in [6, 6.07) is 6.37. The van der Waals surface area contributed by atoms with Crippen molar-refractivity contribution in [1.29, 1.82) is 0 Å². The van der Waals surface area contributed by atoms with Crippen LogP contribution >= 0.6 is 15.9 Å². The highest BCUT2D eigenvalue weighted by atomic mass is 79.9. The zero-order valence-electron chi connectivity index (χ0n) is 10.2. The molecule has 19 heavy (non-hydrogen) atoms. The van der Waals surface area contributed by atoms with Crippen molar-refractivity contribution in [3.05, 3.63) is 28.7 Å². The quantitative estimate of drug-likeness (QED) is 0.820. The fourth-order valence-electron chi connectivity index (χ4n) is 1.81. The van der Waals surface area contributed by atoms with E-state index in [9.17, 15) is 13.2 Å². The predicted molar refractivity (Wildman–Crippen MR) is 73.6 cm³/mol. The third kappa shape index (κ3) is 3.77. The average molecular weight is 348 g/mol. The lowest BCUT2D eigenvalue weighted by atomic mass is 10.4. The van der Waals surface area contributed by atoms with E-state index in [1.165, 1.54) is 17.0 Å². The van der Waals surface area contributed by atoms with Gasteiger partial charge in [0, 0.05) is 17.6 Å². The summed E-state index contributed by atoms with van der Waals surface area (Å²) in [5, 5.41) is 0. The number of carbonyl (C=O) groups excluding carboxylic acids is 1. The van der Waals surface area contributed by atoms with Crippen LogP contribution < -0.4 is 0 Å². The summed E-state index contributed by atoms with van der Waals surface area (Å²) in [7, 11) is -3.59. The van der Waals surface area contributed by atoms with Gasteiger partial charge < -0.3 is 9.64 Å². The molecule has 0 unspecified atom stereocenters. The number of ether oxygens (including phenoxy) is 1. The fourth-order valence-corrected chi connectivity index (χ4v) is 3.63. The van der Waals surface area contributed by atoms with Gasteiger partial charge in [0.05, 0.1) is 18.1 Å². The maximum absolute atomic E-state index is 12.1. The van der Waals surface area contributed by atoms with E-state index in [-0.39, 0.29) is 10.8 Å². The third-order valence-corrected chi connectivity index (χ3v) is 4.92. The molecule has 0 atom stereocenters. The maximum Gasteiger partial charge on any atom is 0.238 e. The van der Waals surface area contributed by atoms with Gasteiger partial charge in [-0.1, -0.05) is 22.0 Å². The SMILES string of the molecule is O=C(CS(=O)(=O)c1cccc(Br)c1)N1CCOCC1. The normalized spacial score (nSPS) is 16.4. The Labute approximate surface area is 120 Å². The smallest absolute Gasteiger partial charge is 0.238 e. The number of rotatable bonds is 3. The number of halogens is 1. The minimum Gasteiger partial charge on any atom is -0.378 e. The number of benzene rings is 1. The van der Waals surface area contributed by atoms with Gasteiger partial charge in [0.25, 0.3) is 0 Å². The van der Waals surface area contributed by atoms with Gasteiger partial charge in [-0.2, -0.15) is 0 Å². The Bertz CT molecular complexity index is 567. The fraction of sp³-hybridized carbons (Fsp3) is 0.417. The van der Waals surface area contributed by atoms with E-state index in [2.05, 4.69) is 15.9 Å². The predicted octanol–water partition coefficient (Wildman–Crippen LogP) is 1.08. The molecule has 1 aliphatic rings. The first-order chi connectivity index (χ1) is 8.99. The molecular formula is C12H14BrNO4S. The van der Waals surface area contributed by atoms with E-state index in [0.717, 1.165) is 0 Å². The van der Waals surface area contributed by atoms with Crippen molar-refractivity contribution < 1.29 is 17.9 Å². The lowest BCUT2D eigenvalue weighted by Crippen LogP contribution is -2.43. The molecule has 1 saturated heterocycles. The van der Waals surface area contributed by atoms with Crippen LogP contribution in [0.1, 0.15) is 0 Å². The molecule has 0 bridgehead atoms. The average Bonchev–Trinajstić information content (AvgIpc) is 2.39. The number of carbonyl (C=O) groups is 1. The van der Waals surface area contributed by atoms with E-state index in [1.54, 1.807) is 12.1 Å². The van der Waals surface area contributed by atoms with Crippen LogP contribution in [0.15, 0.2) is 33.6 Å². The van der Waals surface area contributed by atoms with E-state index < -0.39 is 15.6 Å². The molecule has 1 amide bonds. The van der Waals surface area contributed by atoms with E-state index in [1.807, 2.05) is 0 Å². The van der Waals surface area contributed by atoms with Crippen LogP contribution in [0.25, 0.3) is 0 Å². The van der Waals surface area contributed by atoms with Crippen LogP contribution in [-0.2, 0) is 19.4 Å². The second-order valence-electron chi connectivity index (χ2n) is 4.21. The molecule has 1 aromatic carbocycles. The molecule has 0 aliphatic carbocycles. The second-order valence-corrected chi connectivity index (χ2v) is 7.11. The molecule has 0 radical (unpaired) electrons. The Hall–Kier alpha value is -0.920. The summed E-state index contributed by atoms with van der Waals surface area (Å²) in [6.45, 7) is 1.82. The zero-order valence-corrected chi connectivity index (χ0v) is 12.6. The first-order valence-electron chi connectivity index (χ1n) is 5.83. The molecule has 0 aromatic heterocycles. The highest BCUT2D eigenvalue weighted by Gasteiger charge is 2.24. The van der Waals surface area contributed by atoms with E-state index in [0.29, 0.717) is 30.8 Å². The molecule has 1 heterocycles. The molecule has 5 nitrogen and oxygen atoms in total. The summed E-state index contributed by atoms with van der Waals surface area (Å²) in [6.07, 6.45) is 0. The summed E-state index contributed by atoms with van der Waals surface area (Å²) in [5.74, 6) is -0.869. The van der Waals surface area contributed by atoms with Crippen LogP contribution in [0.3, 0.4) is 0 Å². The molecule has 0 spiro atoms. The van der Waals surface area contributed by atoms with Crippen molar-refractivity contribution in [3.63, 3.8) is 0 Å². The van der Waals surface area contributed by atoms with E-state index >= 15 is 0 Å². The number of sulfone groups is 1.